The highest BCUT2D eigenvalue weighted by Gasteiger charge is 2.33. The lowest BCUT2D eigenvalue weighted by Crippen LogP contribution is -2.55. The SMILES string of the molecule is CCOc1ccccc1CN1CC[C@@H](N2CCC(O)CC2)[C@H](O)C1. The number of piperidine rings is 2. The number of para-hydroxylation sites is 1. The van der Waals surface area contributed by atoms with Crippen LogP contribution in [-0.2, 0) is 6.54 Å². The lowest BCUT2D eigenvalue weighted by Gasteiger charge is -2.43. The van der Waals surface area contributed by atoms with Gasteiger partial charge in [0, 0.05) is 44.3 Å². The largest absolute Gasteiger partial charge is 0.494 e. The Labute approximate surface area is 144 Å². The Morgan fingerprint density at radius 1 is 1.08 bits per heavy atom. The van der Waals surface area contributed by atoms with Crippen molar-refractivity contribution in [2.24, 2.45) is 0 Å². The number of β-amino-alcohol motifs (C(OH)–C–C–N with tert-alkyl or cyclic N) is 1. The molecule has 3 rings (SSSR count). The fourth-order valence-electron chi connectivity index (χ4n) is 3.94. The molecule has 2 aliphatic heterocycles. The quantitative estimate of drug-likeness (QED) is 0.854. The number of rotatable bonds is 5. The summed E-state index contributed by atoms with van der Waals surface area (Å²) >= 11 is 0. The van der Waals surface area contributed by atoms with E-state index in [1.54, 1.807) is 0 Å². The van der Waals surface area contributed by atoms with Crippen molar-refractivity contribution >= 4 is 0 Å². The van der Waals surface area contributed by atoms with Crippen LogP contribution in [0.25, 0.3) is 0 Å². The first-order valence-corrected chi connectivity index (χ1v) is 9.20. The molecule has 0 bridgehead atoms. The summed E-state index contributed by atoms with van der Waals surface area (Å²) in [5.41, 5.74) is 1.19. The minimum atomic E-state index is -0.326. The average Bonchev–Trinajstić information content (AvgIpc) is 2.58. The summed E-state index contributed by atoms with van der Waals surface area (Å²) in [7, 11) is 0. The third-order valence-electron chi connectivity index (χ3n) is 5.26. The molecule has 2 N–H and O–H groups in total. The second kappa shape index (κ2) is 8.30. The van der Waals surface area contributed by atoms with E-state index in [2.05, 4.69) is 15.9 Å². The molecule has 5 heteroatoms. The Morgan fingerprint density at radius 2 is 1.83 bits per heavy atom. The lowest BCUT2D eigenvalue weighted by atomic mass is 9.96. The van der Waals surface area contributed by atoms with Gasteiger partial charge in [0.05, 0.1) is 18.8 Å². The van der Waals surface area contributed by atoms with Gasteiger partial charge in [-0.1, -0.05) is 18.2 Å². The molecule has 2 saturated heterocycles. The van der Waals surface area contributed by atoms with Gasteiger partial charge in [-0.05, 0) is 32.3 Å². The second-order valence-electron chi connectivity index (χ2n) is 6.97. The Balaban J connectivity index is 1.56. The average molecular weight is 334 g/mol. The van der Waals surface area contributed by atoms with Crippen LogP contribution in [0.4, 0.5) is 0 Å². The predicted octanol–water partition coefficient (Wildman–Crippen LogP) is 1.48. The number of aliphatic hydroxyl groups is 2. The Bertz CT molecular complexity index is 517. The molecule has 2 atom stereocenters. The highest BCUT2D eigenvalue weighted by Crippen LogP contribution is 2.25. The minimum Gasteiger partial charge on any atom is -0.494 e. The topological polar surface area (TPSA) is 56.2 Å². The molecule has 0 aliphatic carbocycles. The number of aliphatic hydroxyl groups excluding tert-OH is 2. The van der Waals surface area contributed by atoms with Gasteiger partial charge >= 0.3 is 0 Å². The zero-order chi connectivity index (χ0) is 16.9. The highest BCUT2D eigenvalue weighted by atomic mass is 16.5. The second-order valence-corrected chi connectivity index (χ2v) is 6.97. The third kappa shape index (κ3) is 4.28. The minimum absolute atomic E-state index is 0.159. The zero-order valence-corrected chi connectivity index (χ0v) is 14.6. The van der Waals surface area contributed by atoms with Crippen LogP contribution >= 0.6 is 0 Å². The van der Waals surface area contributed by atoms with Crippen molar-refractivity contribution in [3.63, 3.8) is 0 Å². The van der Waals surface area contributed by atoms with E-state index in [9.17, 15) is 10.2 Å². The van der Waals surface area contributed by atoms with Gasteiger partial charge in [0.25, 0.3) is 0 Å². The monoisotopic (exact) mass is 334 g/mol. The highest BCUT2D eigenvalue weighted by molar-refractivity contribution is 5.33. The molecule has 0 radical (unpaired) electrons. The van der Waals surface area contributed by atoms with Crippen LogP contribution in [0.2, 0.25) is 0 Å². The molecule has 2 aliphatic rings. The first-order chi connectivity index (χ1) is 11.7. The van der Waals surface area contributed by atoms with Gasteiger partial charge in [-0.2, -0.15) is 0 Å². The van der Waals surface area contributed by atoms with Gasteiger partial charge in [0.2, 0.25) is 0 Å². The van der Waals surface area contributed by atoms with E-state index in [1.807, 2.05) is 25.1 Å². The molecule has 134 valence electrons. The van der Waals surface area contributed by atoms with Crippen LogP contribution < -0.4 is 4.74 Å². The predicted molar refractivity (Wildman–Crippen MR) is 94.1 cm³/mol. The molecular weight excluding hydrogens is 304 g/mol. The van der Waals surface area contributed by atoms with Crippen molar-refractivity contribution in [3.05, 3.63) is 29.8 Å². The van der Waals surface area contributed by atoms with E-state index < -0.39 is 0 Å². The molecule has 5 nitrogen and oxygen atoms in total. The smallest absolute Gasteiger partial charge is 0.123 e. The molecule has 0 aromatic heterocycles. The van der Waals surface area contributed by atoms with Crippen molar-refractivity contribution in [2.75, 3.05) is 32.8 Å². The van der Waals surface area contributed by atoms with Crippen molar-refractivity contribution in [2.45, 2.75) is 51.0 Å². The molecule has 0 spiro atoms. The van der Waals surface area contributed by atoms with Crippen molar-refractivity contribution in [1.82, 2.24) is 9.80 Å². The number of benzene rings is 1. The van der Waals surface area contributed by atoms with Gasteiger partial charge in [0.15, 0.2) is 0 Å². The van der Waals surface area contributed by atoms with Crippen molar-refractivity contribution < 1.29 is 14.9 Å². The van der Waals surface area contributed by atoms with Crippen LogP contribution in [-0.4, -0.2) is 71.0 Å². The Morgan fingerprint density at radius 3 is 2.54 bits per heavy atom. The molecule has 1 aromatic rings. The summed E-state index contributed by atoms with van der Waals surface area (Å²) in [4.78, 5) is 4.68. The maximum atomic E-state index is 10.6. The van der Waals surface area contributed by atoms with Crippen LogP contribution in [0.5, 0.6) is 5.75 Å². The molecule has 2 heterocycles. The van der Waals surface area contributed by atoms with E-state index in [-0.39, 0.29) is 18.2 Å². The van der Waals surface area contributed by atoms with Gasteiger partial charge in [-0.15, -0.1) is 0 Å². The number of hydrogen-bond donors (Lipinski definition) is 2. The summed E-state index contributed by atoms with van der Waals surface area (Å²) in [5, 5.41) is 20.3. The van der Waals surface area contributed by atoms with Gasteiger partial charge in [-0.3, -0.25) is 9.80 Å². The van der Waals surface area contributed by atoms with E-state index in [4.69, 9.17) is 4.74 Å². The number of likely N-dealkylation sites (tertiary alicyclic amines) is 2. The van der Waals surface area contributed by atoms with E-state index in [0.29, 0.717) is 13.2 Å². The van der Waals surface area contributed by atoms with Gasteiger partial charge in [0.1, 0.15) is 5.75 Å². The maximum absolute atomic E-state index is 10.6. The van der Waals surface area contributed by atoms with Crippen LogP contribution in [0.3, 0.4) is 0 Å². The molecule has 0 saturated carbocycles. The maximum Gasteiger partial charge on any atom is 0.123 e. The molecule has 2 fully saturated rings. The third-order valence-corrected chi connectivity index (χ3v) is 5.26. The normalized spacial score (nSPS) is 27.3. The number of ether oxygens (including phenoxy) is 1. The standard InChI is InChI=1S/C19H30N2O3/c1-2-24-19-6-4-3-5-15(19)13-20-10-9-17(18(23)14-20)21-11-7-16(22)8-12-21/h3-6,16-18,22-23H,2,7-14H2,1H3/t17-,18-/m1/s1. The summed E-state index contributed by atoms with van der Waals surface area (Å²) in [6.07, 6.45) is 2.15. The van der Waals surface area contributed by atoms with E-state index >= 15 is 0 Å². The molecule has 0 amide bonds. The fraction of sp³-hybridized carbons (Fsp3) is 0.684. The fourth-order valence-corrected chi connectivity index (χ4v) is 3.94. The first kappa shape index (κ1) is 17.7. The lowest BCUT2D eigenvalue weighted by molar-refractivity contribution is -0.0356. The zero-order valence-electron chi connectivity index (χ0n) is 14.6. The molecule has 0 unspecified atom stereocenters. The molecule has 1 aromatic carbocycles. The Kier molecular flexibility index (Phi) is 6.11. The summed E-state index contributed by atoms with van der Waals surface area (Å²) in [6, 6.07) is 8.40. The van der Waals surface area contributed by atoms with Gasteiger partial charge < -0.3 is 14.9 Å². The van der Waals surface area contributed by atoms with E-state index in [0.717, 1.165) is 51.2 Å². The summed E-state index contributed by atoms with van der Waals surface area (Å²) < 4.78 is 5.71. The van der Waals surface area contributed by atoms with Crippen LogP contribution in [0.1, 0.15) is 31.7 Å². The number of hydrogen-bond acceptors (Lipinski definition) is 5. The van der Waals surface area contributed by atoms with Gasteiger partial charge in [-0.25, -0.2) is 0 Å². The van der Waals surface area contributed by atoms with Crippen LogP contribution in [0.15, 0.2) is 24.3 Å². The summed E-state index contributed by atoms with van der Waals surface area (Å²) in [6.45, 7) is 6.97. The first-order valence-electron chi connectivity index (χ1n) is 9.20. The summed E-state index contributed by atoms with van der Waals surface area (Å²) in [5.74, 6) is 0.946. The molecule has 24 heavy (non-hydrogen) atoms. The molecular formula is C19H30N2O3. The van der Waals surface area contributed by atoms with Crippen molar-refractivity contribution in [1.29, 1.82) is 0 Å². The van der Waals surface area contributed by atoms with Crippen molar-refractivity contribution in [3.8, 4) is 5.75 Å². The van der Waals surface area contributed by atoms with Crippen LogP contribution in [0, 0.1) is 0 Å². The number of nitrogens with zero attached hydrogens (tertiary/aromatic N) is 2. The van der Waals surface area contributed by atoms with E-state index in [1.165, 1.54) is 5.56 Å². The Hall–Kier alpha value is -1.14.